The fourth-order valence-electron chi connectivity index (χ4n) is 2.12. The molecule has 0 atom stereocenters. The van der Waals surface area contributed by atoms with E-state index in [1.165, 1.54) is 11.8 Å². The van der Waals surface area contributed by atoms with Crippen molar-refractivity contribution in [1.29, 1.82) is 0 Å². The van der Waals surface area contributed by atoms with Crippen molar-refractivity contribution < 1.29 is 14.3 Å². The van der Waals surface area contributed by atoms with E-state index in [1.54, 1.807) is 12.1 Å². The Hall–Kier alpha value is -2.27. The van der Waals surface area contributed by atoms with Gasteiger partial charge in [-0.3, -0.25) is 4.79 Å². The predicted octanol–water partition coefficient (Wildman–Crippen LogP) is 3.82. The number of ether oxygens (including phenoxy) is 1. The van der Waals surface area contributed by atoms with Crippen LogP contribution in [0.1, 0.15) is 21.5 Å². The van der Waals surface area contributed by atoms with E-state index in [0.717, 1.165) is 16.0 Å². The molecular formula is C18H19NO3S. The minimum absolute atomic E-state index is 0.311. The van der Waals surface area contributed by atoms with Crippen LogP contribution in [0.2, 0.25) is 0 Å². The molecule has 0 bridgehead atoms. The second kappa shape index (κ2) is 7.83. The van der Waals surface area contributed by atoms with E-state index in [-0.39, 0.29) is 12.5 Å². The first kappa shape index (κ1) is 17.1. The quantitative estimate of drug-likeness (QED) is 0.669. The summed E-state index contributed by atoms with van der Waals surface area (Å²) >= 11 is 1.54. The number of benzene rings is 2. The molecule has 1 amide bonds. The molecule has 5 heteroatoms. The van der Waals surface area contributed by atoms with Crippen molar-refractivity contribution in [1.82, 2.24) is 0 Å². The van der Waals surface area contributed by atoms with E-state index in [2.05, 4.69) is 5.32 Å². The van der Waals surface area contributed by atoms with Crippen molar-refractivity contribution in [3.63, 3.8) is 0 Å². The maximum absolute atomic E-state index is 12.1. The maximum Gasteiger partial charge on any atom is 0.338 e. The van der Waals surface area contributed by atoms with Gasteiger partial charge >= 0.3 is 5.97 Å². The normalized spacial score (nSPS) is 10.2. The lowest BCUT2D eigenvalue weighted by Crippen LogP contribution is -2.21. The zero-order chi connectivity index (χ0) is 16.8. The lowest BCUT2D eigenvalue weighted by Gasteiger charge is -2.11. The highest BCUT2D eigenvalue weighted by atomic mass is 32.2. The lowest BCUT2D eigenvalue weighted by molar-refractivity contribution is -0.119. The first-order chi connectivity index (χ1) is 11.0. The summed E-state index contributed by atoms with van der Waals surface area (Å²) in [4.78, 5) is 25.0. The van der Waals surface area contributed by atoms with E-state index in [4.69, 9.17) is 4.74 Å². The number of hydrogen-bond acceptors (Lipinski definition) is 4. The van der Waals surface area contributed by atoms with Crippen LogP contribution < -0.4 is 5.32 Å². The lowest BCUT2D eigenvalue weighted by atomic mass is 10.0. The van der Waals surface area contributed by atoms with Crippen LogP contribution >= 0.6 is 11.8 Å². The molecule has 23 heavy (non-hydrogen) atoms. The third kappa shape index (κ3) is 4.36. The molecule has 0 saturated heterocycles. The molecule has 0 unspecified atom stereocenters. The second-order valence-electron chi connectivity index (χ2n) is 5.07. The summed E-state index contributed by atoms with van der Waals surface area (Å²) in [6, 6.07) is 12.9. The predicted molar refractivity (Wildman–Crippen MR) is 93.1 cm³/mol. The molecule has 0 spiro atoms. The van der Waals surface area contributed by atoms with Crippen molar-refractivity contribution in [3.8, 4) is 0 Å². The zero-order valence-corrected chi connectivity index (χ0v) is 14.2. The van der Waals surface area contributed by atoms with Gasteiger partial charge in [0.25, 0.3) is 5.91 Å². The standard InChI is InChI=1S/C18H19NO3S/c1-12-7-6-8-14(13(12)2)18(21)22-11-17(20)19-15-9-4-5-10-16(15)23-3/h4-10H,11H2,1-3H3,(H,19,20). The van der Waals surface area contributed by atoms with Crippen molar-refractivity contribution in [2.24, 2.45) is 0 Å². The number of nitrogens with one attached hydrogen (secondary N) is 1. The van der Waals surface area contributed by atoms with Gasteiger partial charge in [0.05, 0.1) is 11.3 Å². The molecule has 0 heterocycles. The highest BCUT2D eigenvalue weighted by Gasteiger charge is 2.14. The number of esters is 1. The van der Waals surface area contributed by atoms with Gasteiger partial charge in [-0.15, -0.1) is 11.8 Å². The van der Waals surface area contributed by atoms with Crippen molar-refractivity contribution >= 4 is 29.3 Å². The van der Waals surface area contributed by atoms with Crippen LogP contribution in [0.15, 0.2) is 47.4 Å². The molecule has 0 saturated carbocycles. The van der Waals surface area contributed by atoms with Gasteiger partial charge in [0.1, 0.15) is 0 Å². The largest absolute Gasteiger partial charge is 0.452 e. The van der Waals surface area contributed by atoms with Gasteiger partial charge in [0, 0.05) is 4.90 Å². The van der Waals surface area contributed by atoms with Crippen LogP contribution in [0.4, 0.5) is 5.69 Å². The number of rotatable bonds is 5. The Morgan fingerprint density at radius 1 is 1.09 bits per heavy atom. The summed E-state index contributed by atoms with van der Waals surface area (Å²) < 4.78 is 5.11. The fraction of sp³-hybridized carbons (Fsp3) is 0.222. The molecular weight excluding hydrogens is 310 g/mol. The van der Waals surface area contributed by atoms with Gasteiger partial charge in [0.15, 0.2) is 6.61 Å². The van der Waals surface area contributed by atoms with Crippen molar-refractivity contribution in [2.75, 3.05) is 18.2 Å². The van der Waals surface area contributed by atoms with Crippen LogP contribution in [0.5, 0.6) is 0 Å². The van der Waals surface area contributed by atoms with E-state index in [1.807, 2.05) is 50.4 Å². The highest BCUT2D eigenvalue weighted by Crippen LogP contribution is 2.24. The van der Waals surface area contributed by atoms with Gasteiger partial charge in [0.2, 0.25) is 0 Å². The number of amides is 1. The Balaban J connectivity index is 1.96. The average molecular weight is 329 g/mol. The van der Waals surface area contributed by atoms with Crippen LogP contribution in [0.25, 0.3) is 0 Å². The Morgan fingerprint density at radius 2 is 1.83 bits per heavy atom. The van der Waals surface area contributed by atoms with Gasteiger partial charge in [-0.25, -0.2) is 4.79 Å². The molecule has 0 radical (unpaired) electrons. The SMILES string of the molecule is CSc1ccccc1NC(=O)COC(=O)c1cccc(C)c1C. The summed E-state index contributed by atoms with van der Waals surface area (Å²) in [5.74, 6) is -0.843. The molecule has 0 fully saturated rings. The maximum atomic E-state index is 12.1. The molecule has 0 aliphatic rings. The van der Waals surface area contributed by atoms with E-state index in [9.17, 15) is 9.59 Å². The van der Waals surface area contributed by atoms with E-state index < -0.39 is 5.97 Å². The minimum Gasteiger partial charge on any atom is -0.452 e. The fourth-order valence-corrected chi connectivity index (χ4v) is 2.67. The summed E-state index contributed by atoms with van der Waals surface area (Å²) in [5.41, 5.74) is 3.08. The number of thioether (sulfide) groups is 1. The van der Waals surface area contributed by atoms with Gasteiger partial charge in [-0.1, -0.05) is 24.3 Å². The molecule has 0 aromatic heterocycles. The number of anilines is 1. The Labute approximate surface area is 140 Å². The van der Waals surface area contributed by atoms with Crippen LogP contribution in [-0.4, -0.2) is 24.7 Å². The number of carbonyl (C=O) groups is 2. The highest BCUT2D eigenvalue weighted by molar-refractivity contribution is 7.98. The number of para-hydroxylation sites is 1. The molecule has 120 valence electrons. The van der Waals surface area contributed by atoms with Gasteiger partial charge < -0.3 is 10.1 Å². The van der Waals surface area contributed by atoms with Crippen LogP contribution in [0, 0.1) is 13.8 Å². The third-order valence-electron chi connectivity index (χ3n) is 3.54. The molecule has 2 aromatic rings. The second-order valence-corrected chi connectivity index (χ2v) is 5.92. The molecule has 2 rings (SSSR count). The third-order valence-corrected chi connectivity index (χ3v) is 4.34. The molecule has 2 aromatic carbocycles. The van der Waals surface area contributed by atoms with Crippen molar-refractivity contribution in [3.05, 3.63) is 59.2 Å². The Kier molecular flexibility index (Phi) is 5.82. The zero-order valence-electron chi connectivity index (χ0n) is 13.4. The Bertz CT molecular complexity index is 728. The van der Waals surface area contributed by atoms with Gasteiger partial charge in [-0.2, -0.15) is 0 Å². The summed E-state index contributed by atoms with van der Waals surface area (Å²) in [6.07, 6.45) is 1.94. The summed E-state index contributed by atoms with van der Waals surface area (Å²) in [7, 11) is 0. The Morgan fingerprint density at radius 3 is 2.57 bits per heavy atom. The minimum atomic E-state index is -0.487. The molecule has 4 nitrogen and oxygen atoms in total. The van der Waals surface area contributed by atoms with E-state index >= 15 is 0 Å². The molecule has 1 N–H and O–H groups in total. The number of carbonyl (C=O) groups excluding carboxylic acids is 2. The smallest absolute Gasteiger partial charge is 0.338 e. The average Bonchev–Trinajstić information content (AvgIpc) is 2.55. The van der Waals surface area contributed by atoms with Crippen LogP contribution in [-0.2, 0) is 9.53 Å². The molecule has 0 aliphatic carbocycles. The monoisotopic (exact) mass is 329 g/mol. The molecule has 0 aliphatic heterocycles. The summed E-state index contributed by atoms with van der Waals surface area (Å²) in [6.45, 7) is 3.48. The number of aryl methyl sites for hydroxylation is 1. The van der Waals surface area contributed by atoms with Crippen LogP contribution in [0.3, 0.4) is 0 Å². The first-order valence-corrected chi connectivity index (χ1v) is 8.41. The first-order valence-electron chi connectivity index (χ1n) is 7.19. The van der Waals surface area contributed by atoms with E-state index in [0.29, 0.717) is 11.3 Å². The van der Waals surface area contributed by atoms with Gasteiger partial charge in [-0.05, 0) is 49.4 Å². The topological polar surface area (TPSA) is 55.4 Å². The number of hydrogen-bond donors (Lipinski definition) is 1. The summed E-state index contributed by atoms with van der Waals surface area (Å²) in [5, 5.41) is 2.76. The van der Waals surface area contributed by atoms with Crippen molar-refractivity contribution in [2.45, 2.75) is 18.7 Å².